The van der Waals surface area contributed by atoms with Crippen molar-refractivity contribution in [3.05, 3.63) is 76.3 Å². The van der Waals surface area contributed by atoms with Crippen molar-refractivity contribution in [2.75, 3.05) is 0 Å². The van der Waals surface area contributed by atoms with E-state index in [0.29, 0.717) is 28.1 Å². The van der Waals surface area contributed by atoms with Crippen LogP contribution >= 0.6 is 15.9 Å². The number of sulfonamides is 1. The number of hydrogen-bond acceptors (Lipinski definition) is 6. The second kappa shape index (κ2) is 12.5. The van der Waals surface area contributed by atoms with E-state index in [-0.39, 0.29) is 24.8 Å². The molecule has 3 atom stereocenters. The summed E-state index contributed by atoms with van der Waals surface area (Å²) in [5.41, 5.74) is 6.11. The summed E-state index contributed by atoms with van der Waals surface area (Å²) in [5, 5.41) is 0.885. The third-order valence-corrected chi connectivity index (χ3v) is 10.6. The van der Waals surface area contributed by atoms with E-state index in [1.165, 1.54) is 18.2 Å². The van der Waals surface area contributed by atoms with Gasteiger partial charge in [-0.1, -0.05) is 66.2 Å². The minimum absolute atomic E-state index is 0.123. The van der Waals surface area contributed by atoms with Crippen molar-refractivity contribution in [3.8, 4) is 0 Å². The van der Waals surface area contributed by atoms with E-state index >= 15 is 8.78 Å². The van der Waals surface area contributed by atoms with Gasteiger partial charge in [0, 0.05) is 28.2 Å². The smallest absolute Gasteiger partial charge is 0.344 e. The number of nitrogens with two attached hydrogens (primary N) is 1. The summed E-state index contributed by atoms with van der Waals surface area (Å²) >= 11 is 3.12. The van der Waals surface area contributed by atoms with Crippen molar-refractivity contribution in [1.29, 1.82) is 0 Å². The monoisotopic (exact) mass is 731 g/mol. The fourth-order valence-corrected chi connectivity index (χ4v) is 7.82. The van der Waals surface area contributed by atoms with Gasteiger partial charge in [-0.2, -0.15) is 22.0 Å². The van der Waals surface area contributed by atoms with E-state index in [1.807, 2.05) is 13.8 Å². The SMILES string of the molecule is CC(C)c1ccc2cc(S(=O)(=O)N(OC(=O)C(F)(F)F)[C@@H](C(=O)N3C4CCC3CC(N)C4)C(F)(F)c3ccc(Br)cc3)ccc2c1. The molecule has 2 unspecified atom stereocenters. The first-order chi connectivity index (χ1) is 21.4. The zero-order valence-corrected chi connectivity index (χ0v) is 27.1. The number of carbonyl (C=O) groups is 2. The van der Waals surface area contributed by atoms with E-state index in [1.54, 1.807) is 18.2 Å². The fourth-order valence-electron chi connectivity index (χ4n) is 6.17. The molecule has 0 radical (unpaired) electrons. The molecule has 2 bridgehead atoms. The van der Waals surface area contributed by atoms with Crippen LogP contribution in [-0.2, 0) is 30.4 Å². The lowest BCUT2D eigenvalue weighted by molar-refractivity contribution is -0.240. The van der Waals surface area contributed by atoms with Crippen molar-refractivity contribution < 1.29 is 44.8 Å². The standard InChI is InChI=1S/C31H31BrF5N3O5S/c1-17(2)18-3-4-20-14-26(12-5-19(20)13-18)46(43,44)40(45-29(42)31(35,36)37)27(30(33,34)21-6-8-22(32)9-7-21)28(41)39-24-10-11-25(39)16-23(38)15-24/h3-9,12-14,17,23-25,27H,10-11,15-16,38H2,1-2H3/t23?,24?,25?,27-/m0/s1. The van der Waals surface area contributed by atoms with Crippen molar-refractivity contribution >= 4 is 48.6 Å². The molecule has 2 aliphatic heterocycles. The zero-order valence-electron chi connectivity index (χ0n) is 24.7. The number of nitrogens with zero attached hydrogens (tertiary/aromatic N) is 2. The highest BCUT2D eigenvalue weighted by atomic mass is 79.9. The Kier molecular flexibility index (Phi) is 9.27. The summed E-state index contributed by atoms with van der Waals surface area (Å²) in [5.74, 6) is -8.96. The number of carbonyl (C=O) groups excluding carboxylic acids is 2. The van der Waals surface area contributed by atoms with Crippen LogP contribution in [0.2, 0.25) is 0 Å². The number of amides is 1. The van der Waals surface area contributed by atoms with Crippen LogP contribution in [0, 0.1) is 0 Å². The highest BCUT2D eigenvalue weighted by Gasteiger charge is 2.60. The van der Waals surface area contributed by atoms with Gasteiger partial charge < -0.3 is 15.5 Å². The van der Waals surface area contributed by atoms with Crippen molar-refractivity contribution in [1.82, 2.24) is 9.37 Å². The molecule has 248 valence electrons. The van der Waals surface area contributed by atoms with Gasteiger partial charge in [0.2, 0.25) is 6.04 Å². The molecule has 2 heterocycles. The molecular weight excluding hydrogens is 701 g/mol. The largest absolute Gasteiger partial charge is 0.492 e. The summed E-state index contributed by atoms with van der Waals surface area (Å²) in [7, 11) is -5.55. The normalized spacial score (nSPS) is 21.2. The van der Waals surface area contributed by atoms with Gasteiger partial charge in [-0.3, -0.25) is 4.79 Å². The summed E-state index contributed by atoms with van der Waals surface area (Å²) in [6.45, 7) is 3.88. The number of hydroxylamine groups is 1. The second-order valence-electron chi connectivity index (χ2n) is 12.0. The maximum Gasteiger partial charge on any atom is 0.492 e. The molecular formula is C31H31BrF5N3O5S. The summed E-state index contributed by atoms with van der Waals surface area (Å²) in [4.78, 5) is 31.1. The molecule has 5 rings (SSSR count). The maximum atomic E-state index is 16.7. The number of rotatable bonds is 8. The van der Waals surface area contributed by atoms with E-state index in [0.717, 1.165) is 34.7 Å². The van der Waals surface area contributed by atoms with Gasteiger partial charge in [-0.05, 0) is 76.7 Å². The highest BCUT2D eigenvalue weighted by molar-refractivity contribution is 9.10. The van der Waals surface area contributed by atoms with Gasteiger partial charge in [0.25, 0.3) is 15.9 Å². The second-order valence-corrected chi connectivity index (χ2v) is 14.7. The molecule has 3 aromatic carbocycles. The minimum atomic E-state index is -5.79. The van der Waals surface area contributed by atoms with Crippen molar-refractivity contribution in [2.24, 2.45) is 5.73 Å². The molecule has 2 aliphatic rings. The molecule has 2 N–H and O–H groups in total. The lowest BCUT2D eigenvalue weighted by Crippen LogP contribution is -2.62. The Balaban J connectivity index is 1.69. The number of fused-ring (bicyclic) bond motifs is 3. The van der Waals surface area contributed by atoms with Gasteiger partial charge in [-0.15, -0.1) is 0 Å². The quantitative estimate of drug-likeness (QED) is 0.213. The van der Waals surface area contributed by atoms with Crippen molar-refractivity contribution in [3.63, 3.8) is 0 Å². The number of alkyl halides is 5. The molecule has 15 heteroatoms. The molecule has 0 saturated carbocycles. The number of benzene rings is 3. The van der Waals surface area contributed by atoms with Crippen LogP contribution in [0.25, 0.3) is 10.8 Å². The number of piperidine rings is 1. The molecule has 3 aromatic rings. The van der Waals surface area contributed by atoms with Gasteiger partial charge in [-0.25, -0.2) is 13.2 Å². The number of halogens is 6. The fraction of sp³-hybridized carbons (Fsp3) is 0.419. The first kappa shape index (κ1) is 34.2. The van der Waals surface area contributed by atoms with Crippen LogP contribution in [0.4, 0.5) is 22.0 Å². The molecule has 8 nitrogen and oxygen atoms in total. The van der Waals surface area contributed by atoms with Crippen LogP contribution in [0.1, 0.15) is 56.6 Å². The highest BCUT2D eigenvalue weighted by Crippen LogP contribution is 2.43. The first-order valence-electron chi connectivity index (χ1n) is 14.5. The first-order valence-corrected chi connectivity index (χ1v) is 16.7. The van der Waals surface area contributed by atoms with Gasteiger partial charge >= 0.3 is 18.1 Å². The minimum Gasteiger partial charge on any atom is -0.344 e. The topological polar surface area (TPSA) is 110 Å². The average molecular weight is 733 g/mol. The zero-order chi connectivity index (χ0) is 33.8. The van der Waals surface area contributed by atoms with E-state index in [9.17, 15) is 31.2 Å². The van der Waals surface area contributed by atoms with Gasteiger partial charge in [0.15, 0.2) is 0 Å². The maximum absolute atomic E-state index is 16.7. The Labute approximate surface area is 270 Å². The van der Waals surface area contributed by atoms with Gasteiger partial charge in [0.1, 0.15) is 0 Å². The van der Waals surface area contributed by atoms with Gasteiger partial charge in [0.05, 0.1) is 4.90 Å². The molecule has 0 aliphatic carbocycles. The van der Waals surface area contributed by atoms with Crippen LogP contribution < -0.4 is 5.73 Å². The predicted octanol–water partition coefficient (Wildman–Crippen LogP) is 6.38. The summed E-state index contributed by atoms with van der Waals surface area (Å²) in [6.07, 6.45) is -4.60. The van der Waals surface area contributed by atoms with Crippen LogP contribution in [0.3, 0.4) is 0 Å². The van der Waals surface area contributed by atoms with E-state index in [2.05, 4.69) is 20.8 Å². The Morgan fingerprint density at radius 2 is 1.50 bits per heavy atom. The Bertz CT molecular complexity index is 1740. The van der Waals surface area contributed by atoms with Crippen LogP contribution in [-0.4, -0.2) is 60.0 Å². The third kappa shape index (κ3) is 6.51. The lowest BCUT2D eigenvalue weighted by atomic mass is 9.94. The Morgan fingerprint density at radius 1 is 0.935 bits per heavy atom. The predicted molar refractivity (Wildman–Crippen MR) is 162 cm³/mol. The molecule has 2 fully saturated rings. The van der Waals surface area contributed by atoms with Crippen molar-refractivity contribution in [2.45, 2.75) is 86.6 Å². The average Bonchev–Trinajstić information content (AvgIpc) is 3.26. The molecule has 2 saturated heterocycles. The Hall–Kier alpha value is -3.14. The van der Waals surface area contributed by atoms with E-state index in [4.69, 9.17) is 5.73 Å². The molecule has 1 amide bonds. The lowest BCUT2D eigenvalue weighted by Gasteiger charge is -2.42. The summed E-state index contributed by atoms with van der Waals surface area (Å²) in [6, 6.07) is 7.75. The van der Waals surface area contributed by atoms with Crippen LogP contribution in [0.5, 0.6) is 0 Å². The third-order valence-electron chi connectivity index (χ3n) is 8.48. The van der Waals surface area contributed by atoms with E-state index < -0.39 is 67.1 Å². The van der Waals surface area contributed by atoms with Crippen LogP contribution in [0.15, 0.2) is 70.0 Å². The summed E-state index contributed by atoms with van der Waals surface area (Å²) < 4.78 is 102. The molecule has 46 heavy (non-hydrogen) atoms. The molecule has 0 aromatic heterocycles. The Morgan fingerprint density at radius 3 is 2.07 bits per heavy atom. The number of hydrogen-bond donors (Lipinski definition) is 1. The molecule has 0 spiro atoms.